The van der Waals surface area contributed by atoms with Crippen molar-refractivity contribution >= 4 is 5.69 Å². The van der Waals surface area contributed by atoms with Crippen molar-refractivity contribution < 1.29 is 10.0 Å². The first-order valence-corrected chi connectivity index (χ1v) is 3.55. The van der Waals surface area contributed by atoms with Crippen LogP contribution >= 0.6 is 0 Å². The molecular weight excluding hydrogens is 170 g/mol. The molecule has 0 spiro atoms. The fourth-order valence-corrected chi connectivity index (χ4v) is 0.951. The highest BCUT2D eigenvalue weighted by Gasteiger charge is 2.11. The van der Waals surface area contributed by atoms with Gasteiger partial charge in [-0.2, -0.15) is 0 Å². The van der Waals surface area contributed by atoms with Crippen LogP contribution in [0.2, 0.25) is 0 Å². The monoisotopic (exact) mass is 177 g/mol. The lowest BCUT2D eigenvalue weighted by Gasteiger charge is -1.97. The standard InChI is InChI=1S/C9H7NO3/c1-2-3-7-4-5-8(10(12)13)9(11)6-7/h1,4-6,11H,3H2. The minimum Gasteiger partial charge on any atom is -0.502 e. The highest BCUT2D eigenvalue weighted by molar-refractivity contribution is 5.47. The first-order valence-electron chi connectivity index (χ1n) is 3.55. The van der Waals surface area contributed by atoms with E-state index in [1.165, 1.54) is 18.2 Å². The van der Waals surface area contributed by atoms with Crippen molar-refractivity contribution in [2.45, 2.75) is 6.42 Å². The van der Waals surface area contributed by atoms with E-state index in [2.05, 4.69) is 5.92 Å². The first-order chi connectivity index (χ1) is 6.15. The van der Waals surface area contributed by atoms with E-state index in [1.807, 2.05) is 0 Å². The predicted molar refractivity (Wildman–Crippen MR) is 47.3 cm³/mol. The van der Waals surface area contributed by atoms with E-state index in [0.717, 1.165) is 0 Å². The fraction of sp³-hybridized carbons (Fsp3) is 0.111. The maximum absolute atomic E-state index is 10.3. The van der Waals surface area contributed by atoms with E-state index in [1.54, 1.807) is 0 Å². The van der Waals surface area contributed by atoms with Gasteiger partial charge in [0.05, 0.1) is 4.92 Å². The predicted octanol–water partition coefficient (Wildman–Crippen LogP) is 1.48. The number of phenols is 1. The second-order valence-electron chi connectivity index (χ2n) is 2.46. The zero-order valence-electron chi connectivity index (χ0n) is 6.73. The summed E-state index contributed by atoms with van der Waals surface area (Å²) < 4.78 is 0. The molecule has 0 saturated carbocycles. The van der Waals surface area contributed by atoms with Gasteiger partial charge in [0, 0.05) is 12.5 Å². The summed E-state index contributed by atoms with van der Waals surface area (Å²) in [6.07, 6.45) is 5.40. The van der Waals surface area contributed by atoms with Gasteiger partial charge >= 0.3 is 5.69 Å². The van der Waals surface area contributed by atoms with Crippen LogP contribution < -0.4 is 0 Å². The van der Waals surface area contributed by atoms with Crippen LogP contribution in [0.3, 0.4) is 0 Å². The van der Waals surface area contributed by atoms with Crippen LogP contribution in [-0.4, -0.2) is 10.0 Å². The number of nitro benzene ring substituents is 1. The highest BCUT2D eigenvalue weighted by atomic mass is 16.6. The molecule has 1 rings (SSSR count). The Morgan fingerprint density at radius 3 is 2.77 bits per heavy atom. The van der Waals surface area contributed by atoms with Crippen molar-refractivity contribution in [1.82, 2.24) is 0 Å². The van der Waals surface area contributed by atoms with E-state index in [4.69, 9.17) is 6.42 Å². The van der Waals surface area contributed by atoms with Gasteiger partial charge in [-0.25, -0.2) is 0 Å². The lowest BCUT2D eigenvalue weighted by molar-refractivity contribution is -0.385. The molecule has 0 radical (unpaired) electrons. The van der Waals surface area contributed by atoms with Crippen molar-refractivity contribution in [3.63, 3.8) is 0 Å². The molecule has 0 unspecified atom stereocenters. The van der Waals surface area contributed by atoms with E-state index in [9.17, 15) is 15.2 Å². The van der Waals surface area contributed by atoms with Crippen LogP contribution in [0.15, 0.2) is 18.2 Å². The van der Waals surface area contributed by atoms with Gasteiger partial charge in [-0.1, -0.05) is 6.07 Å². The topological polar surface area (TPSA) is 63.4 Å². The van der Waals surface area contributed by atoms with Gasteiger partial charge in [-0.15, -0.1) is 12.3 Å². The number of terminal acetylenes is 1. The smallest absolute Gasteiger partial charge is 0.310 e. The van der Waals surface area contributed by atoms with Crippen molar-refractivity contribution in [2.24, 2.45) is 0 Å². The van der Waals surface area contributed by atoms with E-state index in [-0.39, 0.29) is 11.4 Å². The molecular formula is C9H7NO3. The van der Waals surface area contributed by atoms with Gasteiger partial charge in [-0.05, 0) is 11.6 Å². The van der Waals surface area contributed by atoms with Crippen molar-refractivity contribution in [2.75, 3.05) is 0 Å². The largest absolute Gasteiger partial charge is 0.502 e. The Morgan fingerprint density at radius 1 is 1.62 bits per heavy atom. The van der Waals surface area contributed by atoms with Crippen LogP contribution in [0.5, 0.6) is 5.75 Å². The molecule has 0 bridgehead atoms. The van der Waals surface area contributed by atoms with Crippen LogP contribution in [0, 0.1) is 22.5 Å². The van der Waals surface area contributed by atoms with Crippen molar-refractivity contribution in [3.05, 3.63) is 33.9 Å². The third-order valence-electron chi connectivity index (χ3n) is 1.54. The van der Waals surface area contributed by atoms with Gasteiger partial charge in [0.25, 0.3) is 0 Å². The van der Waals surface area contributed by atoms with Crippen LogP contribution in [-0.2, 0) is 6.42 Å². The highest BCUT2D eigenvalue weighted by Crippen LogP contribution is 2.26. The molecule has 0 amide bonds. The van der Waals surface area contributed by atoms with Gasteiger partial charge < -0.3 is 5.11 Å². The normalized spacial score (nSPS) is 9.15. The third-order valence-corrected chi connectivity index (χ3v) is 1.54. The van der Waals surface area contributed by atoms with E-state index < -0.39 is 4.92 Å². The molecule has 1 aromatic carbocycles. The summed E-state index contributed by atoms with van der Waals surface area (Å²) in [5, 5.41) is 19.5. The summed E-state index contributed by atoms with van der Waals surface area (Å²) in [7, 11) is 0. The molecule has 0 saturated heterocycles. The SMILES string of the molecule is C#CCc1ccc([N+](=O)[O-])c(O)c1. The summed E-state index contributed by atoms with van der Waals surface area (Å²) in [6.45, 7) is 0. The second-order valence-corrected chi connectivity index (χ2v) is 2.46. The summed E-state index contributed by atoms with van der Waals surface area (Å²) in [5.74, 6) is 2.03. The number of rotatable bonds is 2. The van der Waals surface area contributed by atoms with E-state index in [0.29, 0.717) is 12.0 Å². The van der Waals surface area contributed by atoms with Gasteiger partial charge in [0.2, 0.25) is 0 Å². The Bertz CT molecular complexity index is 379. The van der Waals surface area contributed by atoms with Crippen molar-refractivity contribution in [3.8, 4) is 18.1 Å². The average molecular weight is 177 g/mol. The van der Waals surface area contributed by atoms with Crippen molar-refractivity contribution in [1.29, 1.82) is 0 Å². The molecule has 0 heterocycles. The molecule has 0 atom stereocenters. The first kappa shape index (κ1) is 9.07. The molecule has 4 heteroatoms. The summed E-state index contributed by atoms with van der Waals surface area (Å²) in [6, 6.07) is 4.07. The van der Waals surface area contributed by atoms with Gasteiger partial charge in [0.1, 0.15) is 0 Å². The Hall–Kier alpha value is -2.02. The maximum Gasteiger partial charge on any atom is 0.310 e. The summed E-state index contributed by atoms with van der Waals surface area (Å²) in [4.78, 5) is 9.65. The lowest BCUT2D eigenvalue weighted by Crippen LogP contribution is -1.89. The Kier molecular flexibility index (Phi) is 2.50. The average Bonchev–Trinajstić information content (AvgIpc) is 2.04. The molecule has 66 valence electrons. The number of aromatic hydroxyl groups is 1. The molecule has 0 aliphatic heterocycles. The zero-order chi connectivity index (χ0) is 9.84. The number of nitro groups is 1. The Labute approximate surface area is 75.0 Å². The minimum absolute atomic E-state index is 0.305. The number of hydrogen-bond donors (Lipinski definition) is 1. The second kappa shape index (κ2) is 3.59. The van der Waals surface area contributed by atoms with Crippen LogP contribution in [0.25, 0.3) is 0 Å². The number of phenolic OH excluding ortho intramolecular Hbond substituents is 1. The molecule has 0 aliphatic rings. The van der Waals surface area contributed by atoms with Crippen LogP contribution in [0.1, 0.15) is 5.56 Å². The number of hydrogen-bond acceptors (Lipinski definition) is 3. The van der Waals surface area contributed by atoms with E-state index >= 15 is 0 Å². The number of benzene rings is 1. The number of nitrogens with zero attached hydrogens (tertiary/aromatic N) is 1. The Morgan fingerprint density at radius 2 is 2.31 bits per heavy atom. The fourth-order valence-electron chi connectivity index (χ4n) is 0.951. The molecule has 1 aromatic rings. The van der Waals surface area contributed by atoms with Crippen LogP contribution in [0.4, 0.5) is 5.69 Å². The molecule has 0 aliphatic carbocycles. The molecule has 1 N–H and O–H groups in total. The van der Waals surface area contributed by atoms with Gasteiger partial charge in [-0.3, -0.25) is 10.1 Å². The Balaban J connectivity index is 3.07. The quantitative estimate of drug-likeness (QED) is 0.422. The van der Waals surface area contributed by atoms with Gasteiger partial charge in [0.15, 0.2) is 5.75 Å². The zero-order valence-corrected chi connectivity index (χ0v) is 6.73. The molecule has 0 fully saturated rings. The third kappa shape index (κ3) is 1.97. The minimum atomic E-state index is -0.644. The molecule has 4 nitrogen and oxygen atoms in total. The lowest BCUT2D eigenvalue weighted by atomic mass is 10.1. The molecule has 13 heavy (non-hydrogen) atoms. The maximum atomic E-state index is 10.3. The summed E-state index contributed by atoms with van der Waals surface area (Å²) >= 11 is 0. The molecule has 0 aromatic heterocycles. The summed E-state index contributed by atoms with van der Waals surface area (Å²) in [5.41, 5.74) is 0.381.